The van der Waals surface area contributed by atoms with Gasteiger partial charge in [0.25, 0.3) is 0 Å². The molecule has 2 aromatic carbocycles. The van der Waals surface area contributed by atoms with Crippen molar-refractivity contribution in [3.8, 4) is 0 Å². The lowest BCUT2D eigenvalue weighted by atomic mass is 9.65. The van der Waals surface area contributed by atoms with Crippen LogP contribution in [0.3, 0.4) is 0 Å². The van der Waals surface area contributed by atoms with Gasteiger partial charge in [-0.15, -0.1) is 0 Å². The van der Waals surface area contributed by atoms with Crippen molar-refractivity contribution in [1.82, 2.24) is 19.9 Å². The smallest absolute Gasteiger partial charge is 0.0902 e. The molecule has 8 aliphatic rings. The zero-order valence-corrected chi connectivity index (χ0v) is 28.3. The van der Waals surface area contributed by atoms with E-state index < -0.39 is 0 Å². The maximum absolute atomic E-state index is 5.28. The van der Waals surface area contributed by atoms with E-state index in [9.17, 15) is 0 Å². The Hall–Kier alpha value is -2.26. The van der Waals surface area contributed by atoms with Gasteiger partial charge in [0.15, 0.2) is 0 Å². The fraction of sp³-hybridized carbons (Fsp3) is 0.389. The topological polar surface area (TPSA) is 51.6 Å². The molecule has 0 fully saturated rings. The molecule has 4 bridgehead atoms. The predicted octanol–water partition coefficient (Wildman–Crippen LogP) is 10.6. The molecular weight excluding hydrogens is 617 g/mol. The zero-order valence-electron chi connectivity index (χ0n) is 25.1. The van der Waals surface area contributed by atoms with Crippen molar-refractivity contribution in [2.45, 2.75) is 83.8 Å². The van der Waals surface area contributed by atoms with Gasteiger partial charge in [0, 0.05) is 43.3 Å². The summed E-state index contributed by atoms with van der Waals surface area (Å²) in [7, 11) is 0. The summed E-state index contributed by atoms with van der Waals surface area (Å²) in [5.74, 6) is 4.25. The SMILES string of the molecule is CC(C)C1CC2C=CC1c1nc3cc4c(cc3nc12)SC(=C1Sc2cc3nc5c(nc3cc2S1)C1C=CC5CC1C(C)C)S4. The van der Waals surface area contributed by atoms with Gasteiger partial charge in [0.2, 0.25) is 0 Å². The maximum atomic E-state index is 5.28. The molecule has 0 spiro atoms. The summed E-state index contributed by atoms with van der Waals surface area (Å²) >= 11 is 7.57. The van der Waals surface area contributed by atoms with Crippen molar-refractivity contribution in [3.05, 3.63) is 79.8 Å². The Morgan fingerprint density at radius 2 is 0.841 bits per heavy atom. The first-order chi connectivity index (χ1) is 21.4. The summed E-state index contributed by atoms with van der Waals surface area (Å²) in [6, 6.07) is 9.14. The number of allylic oxidation sites excluding steroid dienone is 4. The number of benzene rings is 2. The number of rotatable bonds is 2. The van der Waals surface area contributed by atoms with E-state index in [1.807, 2.05) is 47.0 Å². The summed E-state index contributed by atoms with van der Waals surface area (Å²) in [5, 5.41) is 0. The molecular formula is C36H32N4S4. The van der Waals surface area contributed by atoms with Gasteiger partial charge in [-0.3, -0.25) is 0 Å². The van der Waals surface area contributed by atoms with E-state index in [-0.39, 0.29) is 0 Å². The van der Waals surface area contributed by atoms with E-state index in [1.54, 1.807) is 0 Å². The molecule has 12 rings (SSSR count). The van der Waals surface area contributed by atoms with Crippen LogP contribution in [-0.2, 0) is 0 Å². The molecule has 44 heavy (non-hydrogen) atoms. The van der Waals surface area contributed by atoms with Crippen LogP contribution in [0.2, 0.25) is 0 Å². The predicted molar refractivity (Wildman–Crippen MR) is 185 cm³/mol. The van der Waals surface area contributed by atoms with E-state index in [1.165, 1.54) is 63.7 Å². The van der Waals surface area contributed by atoms with Crippen molar-refractivity contribution in [2.75, 3.05) is 0 Å². The van der Waals surface area contributed by atoms with Gasteiger partial charge in [-0.25, -0.2) is 19.9 Å². The van der Waals surface area contributed by atoms with Crippen molar-refractivity contribution < 1.29 is 0 Å². The number of hydrogen-bond donors (Lipinski definition) is 0. The molecule has 6 aliphatic carbocycles. The molecule has 2 aliphatic heterocycles. The first-order valence-electron chi connectivity index (χ1n) is 15.9. The molecule has 220 valence electrons. The third-order valence-corrected chi connectivity index (χ3v) is 16.2. The molecule has 4 heterocycles. The number of thioether (sulfide) groups is 4. The molecule has 0 amide bonds. The van der Waals surface area contributed by atoms with Gasteiger partial charge in [-0.2, -0.15) is 0 Å². The van der Waals surface area contributed by atoms with E-state index in [0.717, 1.165) is 22.1 Å². The number of aromatic nitrogens is 4. The Morgan fingerprint density at radius 1 is 0.500 bits per heavy atom. The van der Waals surface area contributed by atoms with Gasteiger partial charge >= 0.3 is 0 Å². The lowest BCUT2D eigenvalue weighted by Crippen LogP contribution is -2.31. The second-order valence-electron chi connectivity index (χ2n) is 13.9. The van der Waals surface area contributed by atoms with Gasteiger partial charge in [-0.1, -0.05) is 99.0 Å². The molecule has 6 unspecified atom stereocenters. The summed E-state index contributed by atoms with van der Waals surface area (Å²) in [5.41, 5.74) is 9.03. The molecule has 4 aromatic rings. The van der Waals surface area contributed by atoms with Crippen LogP contribution >= 0.6 is 47.0 Å². The third kappa shape index (κ3) is 3.90. The zero-order chi connectivity index (χ0) is 29.4. The van der Waals surface area contributed by atoms with E-state index in [4.69, 9.17) is 19.9 Å². The Balaban J connectivity index is 0.972. The minimum atomic E-state index is 0.401. The molecule has 6 atom stereocenters. The third-order valence-electron chi connectivity index (χ3n) is 10.7. The van der Waals surface area contributed by atoms with Crippen LogP contribution in [0.25, 0.3) is 22.1 Å². The van der Waals surface area contributed by atoms with Crippen LogP contribution in [0.1, 0.15) is 87.0 Å². The molecule has 0 radical (unpaired) electrons. The first kappa shape index (κ1) is 26.9. The molecule has 8 heteroatoms. The van der Waals surface area contributed by atoms with Crippen molar-refractivity contribution in [2.24, 2.45) is 23.7 Å². The largest absolute Gasteiger partial charge is 0.249 e. The van der Waals surface area contributed by atoms with Crippen LogP contribution in [0.15, 0.2) is 76.6 Å². The maximum Gasteiger partial charge on any atom is 0.0902 e. The fourth-order valence-corrected chi connectivity index (χ4v) is 13.7. The minimum Gasteiger partial charge on any atom is -0.249 e. The average molecular weight is 649 g/mol. The Morgan fingerprint density at radius 3 is 1.18 bits per heavy atom. The second kappa shape index (κ2) is 9.63. The van der Waals surface area contributed by atoms with Gasteiger partial charge in [-0.05, 0) is 60.8 Å². The Kier molecular flexibility index (Phi) is 5.89. The molecule has 4 nitrogen and oxygen atoms in total. The highest BCUT2D eigenvalue weighted by molar-refractivity contribution is 8.30. The lowest BCUT2D eigenvalue weighted by molar-refractivity contribution is 0.280. The van der Waals surface area contributed by atoms with Crippen LogP contribution < -0.4 is 0 Å². The first-order valence-corrected chi connectivity index (χ1v) is 19.2. The summed E-state index contributed by atoms with van der Waals surface area (Å²) in [6.07, 6.45) is 12.0. The summed E-state index contributed by atoms with van der Waals surface area (Å²) < 4.78 is 2.72. The van der Waals surface area contributed by atoms with Gasteiger partial charge < -0.3 is 0 Å². The van der Waals surface area contributed by atoms with Crippen LogP contribution in [0.5, 0.6) is 0 Å². The molecule has 0 saturated heterocycles. The molecule has 2 aromatic heterocycles. The minimum absolute atomic E-state index is 0.401. The summed E-state index contributed by atoms with van der Waals surface area (Å²) in [6.45, 7) is 9.41. The van der Waals surface area contributed by atoms with Crippen molar-refractivity contribution in [3.63, 3.8) is 0 Å². The number of hydrogen-bond acceptors (Lipinski definition) is 8. The Labute approximate surface area is 274 Å². The van der Waals surface area contributed by atoms with Gasteiger partial charge in [0.05, 0.1) is 53.3 Å². The second-order valence-corrected chi connectivity index (χ2v) is 18.6. The standard InChI is InChI=1S/C36H32N4S4/c1-15(2)21-9-17-5-7-19(21)33-31(17)37-23-11-27-29(13-25(23)39-33)43-35(41-27)36-42-28-12-24-26(14-30(28)44-36)40-34-20-8-6-18(32(34)38-24)10-22(20)16(3)4/h5-8,11-22H,9-10H2,1-4H3. The number of nitrogens with zero attached hydrogens (tertiary/aromatic N) is 4. The lowest BCUT2D eigenvalue weighted by Gasteiger charge is -2.40. The van der Waals surface area contributed by atoms with E-state index in [2.05, 4.69) is 76.3 Å². The van der Waals surface area contributed by atoms with E-state index in [0.29, 0.717) is 47.3 Å². The quantitative estimate of drug-likeness (QED) is 0.199. The monoisotopic (exact) mass is 648 g/mol. The highest BCUT2D eigenvalue weighted by Gasteiger charge is 2.41. The van der Waals surface area contributed by atoms with Crippen molar-refractivity contribution >= 4 is 69.1 Å². The van der Waals surface area contributed by atoms with Crippen LogP contribution in [-0.4, -0.2) is 19.9 Å². The average Bonchev–Trinajstić information content (AvgIpc) is 3.64. The fourth-order valence-electron chi connectivity index (χ4n) is 8.34. The normalized spacial score (nSPS) is 30.6. The highest BCUT2D eigenvalue weighted by atomic mass is 32.2. The van der Waals surface area contributed by atoms with Crippen molar-refractivity contribution in [1.29, 1.82) is 0 Å². The van der Waals surface area contributed by atoms with E-state index >= 15 is 0 Å². The molecule has 0 N–H and O–H groups in total. The number of fused-ring (bicyclic) bond motifs is 6. The highest BCUT2D eigenvalue weighted by Crippen LogP contribution is 2.62. The molecule has 0 saturated carbocycles. The summed E-state index contributed by atoms with van der Waals surface area (Å²) in [4.78, 5) is 26.2. The van der Waals surface area contributed by atoms with Gasteiger partial charge in [0.1, 0.15) is 0 Å². The Bertz CT molecular complexity index is 1900. The van der Waals surface area contributed by atoms with Crippen LogP contribution in [0.4, 0.5) is 0 Å². The van der Waals surface area contributed by atoms with Crippen LogP contribution in [0, 0.1) is 23.7 Å².